The Labute approximate surface area is 89.1 Å². The second kappa shape index (κ2) is 5.72. The van der Waals surface area contributed by atoms with Crippen LogP contribution in [0.25, 0.3) is 0 Å². The number of hydrogen-bond acceptors (Lipinski definition) is 2. The van der Waals surface area contributed by atoms with Gasteiger partial charge in [0.1, 0.15) is 0 Å². The lowest BCUT2D eigenvalue weighted by Gasteiger charge is -2.26. The molecule has 1 aliphatic heterocycles. The van der Waals surface area contributed by atoms with Gasteiger partial charge in [-0.25, -0.2) is 0 Å². The first kappa shape index (κ1) is 12.0. The largest absolute Gasteiger partial charge is 0.315 e. The molecule has 1 aliphatic rings. The monoisotopic (exact) mass is 198 g/mol. The molecule has 1 N–H and O–H groups in total. The number of likely N-dealkylation sites (N-methyl/N-ethyl adjacent to an activating group) is 1. The van der Waals surface area contributed by atoms with Gasteiger partial charge in [0, 0.05) is 19.1 Å². The molecule has 0 spiro atoms. The van der Waals surface area contributed by atoms with Gasteiger partial charge in [-0.3, -0.25) is 0 Å². The van der Waals surface area contributed by atoms with E-state index in [4.69, 9.17) is 0 Å². The van der Waals surface area contributed by atoms with Crippen molar-refractivity contribution in [2.45, 2.75) is 39.7 Å². The molecule has 0 aromatic rings. The van der Waals surface area contributed by atoms with E-state index in [1.54, 1.807) is 0 Å². The SMILES string of the molecule is CCC1CCN(CC(NC)C(C)C)C1. The molecule has 1 heterocycles. The van der Waals surface area contributed by atoms with Gasteiger partial charge in [-0.1, -0.05) is 27.2 Å². The normalized spacial score (nSPS) is 25.9. The molecule has 2 heteroatoms. The molecule has 0 saturated carbocycles. The Morgan fingerprint density at radius 2 is 2.14 bits per heavy atom. The molecule has 84 valence electrons. The zero-order chi connectivity index (χ0) is 10.6. The zero-order valence-corrected chi connectivity index (χ0v) is 10.2. The van der Waals surface area contributed by atoms with Crippen molar-refractivity contribution in [3.63, 3.8) is 0 Å². The van der Waals surface area contributed by atoms with Gasteiger partial charge in [-0.05, 0) is 31.8 Å². The summed E-state index contributed by atoms with van der Waals surface area (Å²) in [5.41, 5.74) is 0. The van der Waals surface area contributed by atoms with Crippen molar-refractivity contribution >= 4 is 0 Å². The van der Waals surface area contributed by atoms with E-state index in [-0.39, 0.29) is 0 Å². The van der Waals surface area contributed by atoms with Crippen molar-refractivity contribution < 1.29 is 0 Å². The Hall–Kier alpha value is -0.0800. The van der Waals surface area contributed by atoms with Crippen LogP contribution >= 0.6 is 0 Å². The lowest BCUT2D eigenvalue weighted by molar-refractivity contribution is 0.255. The Morgan fingerprint density at radius 3 is 2.57 bits per heavy atom. The maximum atomic E-state index is 3.42. The van der Waals surface area contributed by atoms with Crippen LogP contribution in [0.5, 0.6) is 0 Å². The summed E-state index contributed by atoms with van der Waals surface area (Å²) in [5.74, 6) is 1.69. The van der Waals surface area contributed by atoms with Crippen molar-refractivity contribution in [2.24, 2.45) is 11.8 Å². The van der Waals surface area contributed by atoms with Gasteiger partial charge in [0.05, 0.1) is 0 Å². The van der Waals surface area contributed by atoms with E-state index in [2.05, 4.69) is 38.0 Å². The van der Waals surface area contributed by atoms with Crippen LogP contribution in [-0.2, 0) is 0 Å². The fourth-order valence-electron chi connectivity index (χ4n) is 2.33. The third-order valence-corrected chi connectivity index (χ3v) is 3.58. The highest BCUT2D eigenvalue weighted by molar-refractivity contribution is 4.80. The Balaban J connectivity index is 2.30. The van der Waals surface area contributed by atoms with E-state index in [0.29, 0.717) is 6.04 Å². The van der Waals surface area contributed by atoms with Crippen LogP contribution < -0.4 is 5.32 Å². The molecular formula is C12H26N2. The van der Waals surface area contributed by atoms with Gasteiger partial charge >= 0.3 is 0 Å². The number of rotatable bonds is 5. The zero-order valence-electron chi connectivity index (χ0n) is 10.2. The highest BCUT2D eigenvalue weighted by Gasteiger charge is 2.23. The van der Waals surface area contributed by atoms with Gasteiger partial charge in [-0.2, -0.15) is 0 Å². The third kappa shape index (κ3) is 3.25. The van der Waals surface area contributed by atoms with Crippen molar-refractivity contribution in [1.82, 2.24) is 10.2 Å². The average Bonchev–Trinajstić information content (AvgIpc) is 2.61. The van der Waals surface area contributed by atoms with Gasteiger partial charge < -0.3 is 10.2 Å². The van der Waals surface area contributed by atoms with Gasteiger partial charge in [0.2, 0.25) is 0 Å². The molecule has 2 unspecified atom stereocenters. The second-order valence-electron chi connectivity index (χ2n) is 4.96. The predicted octanol–water partition coefficient (Wildman–Crippen LogP) is 1.96. The molecule has 1 saturated heterocycles. The van der Waals surface area contributed by atoms with Crippen LogP contribution in [0.1, 0.15) is 33.6 Å². The standard InChI is InChI=1S/C12H26N2/c1-5-11-6-7-14(8-11)9-12(13-4)10(2)3/h10-13H,5-9H2,1-4H3. The second-order valence-corrected chi connectivity index (χ2v) is 4.96. The minimum absolute atomic E-state index is 0.658. The van der Waals surface area contributed by atoms with E-state index in [1.165, 1.54) is 32.5 Å². The maximum Gasteiger partial charge on any atom is 0.0214 e. The van der Waals surface area contributed by atoms with Crippen LogP contribution in [0, 0.1) is 11.8 Å². The molecule has 0 aromatic heterocycles. The molecule has 2 nitrogen and oxygen atoms in total. The lowest BCUT2D eigenvalue weighted by Crippen LogP contribution is -2.41. The molecule has 0 aliphatic carbocycles. The summed E-state index contributed by atoms with van der Waals surface area (Å²) in [6.45, 7) is 10.8. The van der Waals surface area contributed by atoms with Crippen LogP contribution in [0.15, 0.2) is 0 Å². The van der Waals surface area contributed by atoms with Gasteiger partial charge in [0.25, 0.3) is 0 Å². The third-order valence-electron chi connectivity index (χ3n) is 3.58. The van der Waals surface area contributed by atoms with Crippen molar-refractivity contribution in [1.29, 1.82) is 0 Å². The molecular weight excluding hydrogens is 172 g/mol. The summed E-state index contributed by atoms with van der Waals surface area (Å²) in [7, 11) is 2.08. The summed E-state index contributed by atoms with van der Waals surface area (Å²) in [5, 5.41) is 3.42. The smallest absolute Gasteiger partial charge is 0.0214 e. The summed E-state index contributed by atoms with van der Waals surface area (Å²) in [6.07, 6.45) is 2.76. The molecule has 0 bridgehead atoms. The van der Waals surface area contributed by atoms with E-state index in [0.717, 1.165) is 11.8 Å². The van der Waals surface area contributed by atoms with Crippen molar-refractivity contribution in [3.8, 4) is 0 Å². The minimum atomic E-state index is 0.658. The number of likely N-dealkylation sites (tertiary alicyclic amines) is 1. The number of nitrogens with one attached hydrogen (secondary N) is 1. The first-order valence-corrected chi connectivity index (χ1v) is 6.07. The fraction of sp³-hybridized carbons (Fsp3) is 1.00. The first-order valence-electron chi connectivity index (χ1n) is 6.07. The van der Waals surface area contributed by atoms with Crippen molar-refractivity contribution in [2.75, 3.05) is 26.7 Å². The average molecular weight is 198 g/mol. The lowest BCUT2D eigenvalue weighted by atomic mass is 10.0. The van der Waals surface area contributed by atoms with Crippen LogP contribution in [0.2, 0.25) is 0 Å². The molecule has 1 fully saturated rings. The van der Waals surface area contributed by atoms with Crippen LogP contribution in [0.4, 0.5) is 0 Å². The number of nitrogens with zero attached hydrogens (tertiary/aromatic N) is 1. The topological polar surface area (TPSA) is 15.3 Å². The highest BCUT2D eigenvalue weighted by Crippen LogP contribution is 2.19. The quantitative estimate of drug-likeness (QED) is 0.726. The van der Waals surface area contributed by atoms with Gasteiger partial charge in [-0.15, -0.1) is 0 Å². The summed E-state index contributed by atoms with van der Waals surface area (Å²) in [6, 6.07) is 0.658. The molecule has 0 amide bonds. The molecule has 0 radical (unpaired) electrons. The highest BCUT2D eigenvalue weighted by atomic mass is 15.2. The Kier molecular flexibility index (Phi) is 4.90. The maximum absolute atomic E-state index is 3.42. The van der Waals surface area contributed by atoms with E-state index >= 15 is 0 Å². The van der Waals surface area contributed by atoms with Gasteiger partial charge in [0.15, 0.2) is 0 Å². The van der Waals surface area contributed by atoms with Crippen LogP contribution in [0.3, 0.4) is 0 Å². The molecule has 2 atom stereocenters. The number of hydrogen-bond donors (Lipinski definition) is 1. The molecule has 14 heavy (non-hydrogen) atoms. The summed E-state index contributed by atoms with van der Waals surface area (Å²) < 4.78 is 0. The van der Waals surface area contributed by atoms with E-state index in [9.17, 15) is 0 Å². The molecule has 1 rings (SSSR count). The summed E-state index contributed by atoms with van der Waals surface area (Å²) >= 11 is 0. The Bertz CT molecular complexity index is 156. The fourth-order valence-corrected chi connectivity index (χ4v) is 2.33. The predicted molar refractivity (Wildman–Crippen MR) is 62.5 cm³/mol. The minimum Gasteiger partial charge on any atom is -0.315 e. The van der Waals surface area contributed by atoms with E-state index in [1.807, 2.05) is 0 Å². The van der Waals surface area contributed by atoms with Crippen LogP contribution in [-0.4, -0.2) is 37.6 Å². The first-order chi connectivity index (χ1) is 6.67. The molecule has 0 aromatic carbocycles. The Morgan fingerprint density at radius 1 is 1.43 bits per heavy atom. The van der Waals surface area contributed by atoms with Crippen molar-refractivity contribution in [3.05, 3.63) is 0 Å². The van der Waals surface area contributed by atoms with E-state index < -0.39 is 0 Å². The summed E-state index contributed by atoms with van der Waals surface area (Å²) in [4.78, 5) is 2.62.